The molecule has 0 aromatic carbocycles. The Morgan fingerprint density at radius 2 is 1.87 bits per heavy atom. The van der Waals surface area contributed by atoms with Gasteiger partial charge >= 0.3 is 11.5 Å². The predicted molar refractivity (Wildman–Crippen MR) is 139 cm³/mol. The molecule has 210 valence electrons. The number of alkyl halides is 3. The van der Waals surface area contributed by atoms with Crippen LogP contribution in [0.2, 0.25) is 0 Å². The van der Waals surface area contributed by atoms with E-state index in [-0.39, 0.29) is 30.1 Å². The van der Waals surface area contributed by atoms with Crippen molar-refractivity contribution in [1.82, 2.24) is 19.7 Å². The number of amides is 4. The first-order valence-corrected chi connectivity index (χ1v) is 14.2. The van der Waals surface area contributed by atoms with Crippen LogP contribution in [-0.4, -0.2) is 79.5 Å². The van der Waals surface area contributed by atoms with Crippen molar-refractivity contribution in [2.24, 2.45) is 0 Å². The van der Waals surface area contributed by atoms with Crippen LogP contribution in [0.4, 0.5) is 23.8 Å². The molecule has 0 radical (unpaired) electrons. The van der Waals surface area contributed by atoms with Crippen molar-refractivity contribution in [3.05, 3.63) is 23.9 Å². The third kappa shape index (κ3) is 6.99. The number of aromatic nitrogens is 1. The molecule has 4 amide bonds. The highest BCUT2D eigenvalue weighted by Gasteiger charge is 2.53. The van der Waals surface area contributed by atoms with Gasteiger partial charge in [0.1, 0.15) is 11.4 Å². The Labute approximate surface area is 225 Å². The van der Waals surface area contributed by atoms with E-state index in [4.69, 9.17) is 0 Å². The molecule has 4 rings (SSSR count). The van der Waals surface area contributed by atoms with E-state index in [0.29, 0.717) is 56.5 Å². The van der Waals surface area contributed by atoms with E-state index in [9.17, 15) is 27.6 Å². The molecule has 1 N–H and O–H groups in total. The summed E-state index contributed by atoms with van der Waals surface area (Å²) in [5.74, 6) is -0.0757. The number of pyridine rings is 1. The van der Waals surface area contributed by atoms with E-state index in [2.05, 4.69) is 15.2 Å². The minimum Gasteiger partial charge on any atom is -0.311 e. The van der Waals surface area contributed by atoms with Gasteiger partial charge in [0, 0.05) is 37.0 Å². The highest BCUT2D eigenvalue weighted by Crippen LogP contribution is 2.41. The summed E-state index contributed by atoms with van der Waals surface area (Å²) in [5, 5.41) is 2.26. The lowest BCUT2D eigenvalue weighted by Gasteiger charge is -2.28. The number of rotatable bonds is 8. The molecule has 1 aliphatic carbocycles. The van der Waals surface area contributed by atoms with Crippen LogP contribution in [0, 0.1) is 0 Å². The van der Waals surface area contributed by atoms with Gasteiger partial charge in [0.2, 0.25) is 5.91 Å². The summed E-state index contributed by atoms with van der Waals surface area (Å²) in [6, 6.07) is 2.59. The SMILES string of the molecule is CC1(C)C(=O)N(C2CCC[C@H](SC(F)(F)F)CC2)C(=O)N1Cc1ccnc(NC(=O)CCN2CCCC2)c1. The predicted octanol–water partition coefficient (Wildman–Crippen LogP) is 5.00. The van der Waals surface area contributed by atoms with Gasteiger partial charge in [-0.1, -0.05) is 6.42 Å². The normalized spacial score (nSPS) is 24.7. The van der Waals surface area contributed by atoms with E-state index < -0.39 is 28.4 Å². The van der Waals surface area contributed by atoms with Crippen molar-refractivity contribution in [2.75, 3.05) is 25.0 Å². The monoisotopic (exact) mass is 555 g/mol. The van der Waals surface area contributed by atoms with Crippen LogP contribution in [-0.2, 0) is 16.1 Å². The number of halogens is 3. The summed E-state index contributed by atoms with van der Waals surface area (Å²) in [7, 11) is 0. The topological polar surface area (TPSA) is 85.9 Å². The first-order valence-electron chi connectivity index (χ1n) is 13.3. The van der Waals surface area contributed by atoms with Crippen LogP contribution >= 0.6 is 11.8 Å². The van der Waals surface area contributed by atoms with E-state index in [0.717, 1.165) is 25.9 Å². The quantitative estimate of drug-likeness (QED) is 0.359. The molecule has 3 fully saturated rings. The fourth-order valence-electron chi connectivity index (χ4n) is 5.56. The lowest BCUT2D eigenvalue weighted by molar-refractivity contribution is -0.133. The van der Waals surface area contributed by atoms with E-state index in [1.54, 1.807) is 32.2 Å². The third-order valence-electron chi connectivity index (χ3n) is 7.69. The van der Waals surface area contributed by atoms with E-state index >= 15 is 0 Å². The molecule has 3 aliphatic rings. The van der Waals surface area contributed by atoms with Gasteiger partial charge in [-0.25, -0.2) is 9.78 Å². The number of carbonyl (C=O) groups excluding carboxylic acids is 3. The fourth-order valence-corrected chi connectivity index (χ4v) is 6.48. The maximum Gasteiger partial charge on any atom is 0.442 e. The first kappa shape index (κ1) is 28.7. The second kappa shape index (κ2) is 11.8. The summed E-state index contributed by atoms with van der Waals surface area (Å²) in [6.07, 6.45) is 6.35. The summed E-state index contributed by atoms with van der Waals surface area (Å²) in [5.41, 5.74) is -4.68. The van der Waals surface area contributed by atoms with Crippen LogP contribution in [0.3, 0.4) is 0 Å². The van der Waals surface area contributed by atoms with Crippen molar-refractivity contribution in [2.45, 2.75) is 94.1 Å². The van der Waals surface area contributed by atoms with Gasteiger partial charge in [0.25, 0.3) is 5.91 Å². The molecule has 2 saturated heterocycles. The first-order chi connectivity index (χ1) is 17.9. The molecule has 1 aromatic rings. The zero-order chi connectivity index (χ0) is 27.5. The number of thioether (sulfide) groups is 1. The molecule has 12 heteroatoms. The molecule has 8 nitrogen and oxygen atoms in total. The van der Waals surface area contributed by atoms with Gasteiger partial charge in [-0.15, -0.1) is 0 Å². The maximum atomic E-state index is 13.5. The molecule has 0 bridgehead atoms. The van der Waals surface area contributed by atoms with E-state index in [1.165, 1.54) is 9.80 Å². The Morgan fingerprint density at radius 1 is 1.13 bits per heavy atom. The average molecular weight is 556 g/mol. The largest absolute Gasteiger partial charge is 0.442 e. The summed E-state index contributed by atoms with van der Waals surface area (Å²) in [6.45, 7) is 6.26. The van der Waals surface area contributed by atoms with Crippen LogP contribution in [0.15, 0.2) is 18.3 Å². The van der Waals surface area contributed by atoms with Crippen molar-refractivity contribution in [1.29, 1.82) is 0 Å². The van der Waals surface area contributed by atoms with Crippen LogP contribution in [0.5, 0.6) is 0 Å². The number of anilines is 1. The number of imide groups is 1. The zero-order valence-electron chi connectivity index (χ0n) is 21.9. The summed E-state index contributed by atoms with van der Waals surface area (Å²) >= 11 is 0.0170. The number of hydrogen-bond acceptors (Lipinski definition) is 6. The Hall–Kier alpha value is -2.34. The molecule has 2 atom stereocenters. The molecule has 2 aliphatic heterocycles. The van der Waals surface area contributed by atoms with Gasteiger partial charge in [0.05, 0.1) is 0 Å². The Morgan fingerprint density at radius 3 is 2.58 bits per heavy atom. The van der Waals surface area contributed by atoms with Gasteiger partial charge in [0.15, 0.2) is 0 Å². The number of nitrogens with zero attached hydrogens (tertiary/aromatic N) is 4. The third-order valence-corrected chi connectivity index (χ3v) is 8.76. The molecule has 1 aromatic heterocycles. The number of hydrogen-bond donors (Lipinski definition) is 1. The maximum absolute atomic E-state index is 13.5. The van der Waals surface area contributed by atoms with E-state index in [1.807, 2.05) is 0 Å². The lowest BCUT2D eigenvalue weighted by atomic mass is 10.0. The average Bonchev–Trinajstić information content (AvgIpc) is 3.33. The standard InChI is InChI=1S/C26H36F3N5O3S/c1-25(2)23(36)34(19-6-5-7-20(9-8-19)38-26(27,28)29)24(37)33(25)17-18-10-12-30-21(16-18)31-22(35)11-15-32-13-3-4-14-32/h10,12,16,19-20H,3-9,11,13-15,17H2,1-2H3,(H,30,31,35)/t19?,20-/m0/s1. The highest BCUT2D eigenvalue weighted by molar-refractivity contribution is 8.00. The second-order valence-electron chi connectivity index (χ2n) is 10.8. The Balaban J connectivity index is 1.38. The highest BCUT2D eigenvalue weighted by atomic mass is 32.2. The number of likely N-dealkylation sites (tertiary alicyclic amines) is 1. The van der Waals surface area contributed by atoms with Gasteiger partial charge in [-0.2, -0.15) is 13.2 Å². The minimum atomic E-state index is -4.29. The molecule has 0 spiro atoms. The molecular weight excluding hydrogens is 519 g/mol. The zero-order valence-corrected chi connectivity index (χ0v) is 22.7. The van der Waals surface area contributed by atoms with Gasteiger partial charge < -0.3 is 15.1 Å². The molecule has 1 saturated carbocycles. The molecule has 1 unspecified atom stereocenters. The number of nitrogens with one attached hydrogen (secondary N) is 1. The number of urea groups is 1. The minimum absolute atomic E-state index is 0.0170. The molecular formula is C26H36F3N5O3S. The van der Waals surface area contributed by atoms with Gasteiger partial charge in [-0.3, -0.25) is 14.5 Å². The van der Waals surface area contributed by atoms with Crippen molar-refractivity contribution in [3.63, 3.8) is 0 Å². The van der Waals surface area contributed by atoms with Crippen molar-refractivity contribution >= 4 is 35.4 Å². The second-order valence-corrected chi connectivity index (χ2v) is 12.2. The fraction of sp³-hybridized carbons (Fsp3) is 0.692. The summed E-state index contributed by atoms with van der Waals surface area (Å²) < 4.78 is 38.6. The van der Waals surface area contributed by atoms with Crippen LogP contribution in [0.25, 0.3) is 0 Å². The van der Waals surface area contributed by atoms with Crippen LogP contribution < -0.4 is 5.32 Å². The molecule has 3 heterocycles. The van der Waals surface area contributed by atoms with Gasteiger partial charge in [-0.05, 0) is 94.9 Å². The van der Waals surface area contributed by atoms with Crippen molar-refractivity contribution in [3.8, 4) is 0 Å². The number of carbonyl (C=O) groups is 3. The summed E-state index contributed by atoms with van der Waals surface area (Å²) in [4.78, 5) is 48.5. The van der Waals surface area contributed by atoms with Crippen LogP contribution in [0.1, 0.15) is 70.8 Å². The lowest BCUT2D eigenvalue weighted by Crippen LogP contribution is -2.44. The molecule has 38 heavy (non-hydrogen) atoms. The van der Waals surface area contributed by atoms with Crippen molar-refractivity contribution < 1.29 is 27.6 Å². The smallest absolute Gasteiger partial charge is 0.311 e. The Kier molecular flexibility index (Phi) is 8.91. The Bertz CT molecular complexity index is 1030.